The standard InChI is InChI=1S/C14H14FNO2/c1-17-11-3-2-4-12(8-11)18-14-6-5-10(9-16)7-13(14)15/h2-8H,9,16H2,1H3. The van der Waals surface area contributed by atoms with Crippen molar-refractivity contribution >= 4 is 0 Å². The van der Waals surface area contributed by atoms with Gasteiger partial charge in [0.25, 0.3) is 0 Å². The molecule has 2 aromatic carbocycles. The molecular formula is C14H14FNO2. The molecule has 2 rings (SSSR count). The molecule has 0 aromatic heterocycles. The minimum absolute atomic E-state index is 0.167. The third-order valence-corrected chi connectivity index (χ3v) is 2.50. The van der Waals surface area contributed by atoms with Crippen molar-refractivity contribution in [3.8, 4) is 17.2 Å². The highest BCUT2D eigenvalue weighted by atomic mass is 19.1. The van der Waals surface area contributed by atoms with Crippen molar-refractivity contribution in [1.82, 2.24) is 0 Å². The van der Waals surface area contributed by atoms with E-state index < -0.39 is 5.82 Å². The van der Waals surface area contributed by atoms with Gasteiger partial charge in [-0.15, -0.1) is 0 Å². The van der Waals surface area contributed by atoms with Gasteiger partial charge in [0, 0.05) is 12.6 Å². The minimum Gasteiger partial charge on any atom is -0.497 e. The van der Waals surface area contributed by atoms with E-state index in [-0.39, 0.29) is 5.75 Å². The molecule has 2 aromatic rings. The zero-order valence-corrected chi connectivity index (χ0v) is 10.0. The molecule has 0 bridgehead atoms. The van der Waals surface area contributed by atoms with Crippen LogP contribution in [0.4, 0.5) is 4.39 Å². The molecule has 2 N–H and O–H groups in total. The lowest BCUT2D eigenvalue weighted by atomic mass is 10.2. The van der Waals surface area contributed by atoms with Crippen LogP contribution < -0.4 is 15.2 Å². The Labute approximate surface area is 105 Å². The first-order chi connectivity index (χ1) is 8.72. The van der Waals surface area contributed by atoms with Gasteiger partial charge < -0.3 is 15.2 Å². The Morgan fingerprint density at radius 2 is 1.89 bits per heavy atom. The molecular weight excluding hydrogens is 233 g/mol. The Morgan fingerprint density at radius 1 is 1.11 bits per heavy atom. The topological polar surface area (TPSA) is 44.5 Å². The molecule has 0 aliphatic heterocycles. The Bertz CT molecular complexity index is 543. The highest BCUT2D eigenvalue weighted by Gasteiger charge is 2.06. The first-order valence-electron chi connectivity index (χ1n) is 5.53. The van der Waals surface area contributed by atoms with E-state index in [1.165, 1.54) is 6.07 Å². The summed E-state index contributed by atoms with van der Waals surface area (Å²) in [6.45, 7) is 0.302. The molecule has 0 heterocycles. The summed E-state index contributed by atoms with van der Waals surface area (Å²) in [6.07, 6.45) is 0. The molecule has 3 nitrogen and oxygen atoms in total. The number of halogens is 1. The number of rotatable bonds is 4. The van der Waals surface area contributed by atoms with E-state index in [2.05, 4.69) is 0 Å². The number of methoxy groups -OCH3 is 1. The van der Waals surface area contributed by atoms with Crippen LogP contribution in [-0.4, -0.2) is 7.11 Å². The number of nitrogens with two attached hydrogens (primary N) is 1. The molecule has 0 atom stereocenters. The van der Waals surface area contributed by atoms with Crippen LogP contribution in [0.15, 0.2) is 42.5 Å². The van der Waals surface area contributed by atoms with E-state index in [0.717, 1.165) is 5.56 Å². The summed E-state index contributed by atoms with van der Waals surface area (Å²) < 4.78 is 24.2. The molecule has 0 aliphatic rings. The Morgan fingerprint density at radius 3 is 2.56 bits per heavy atom. The van der Waals surface area contributed by atoms with Crippen LogP contribution in [0, 0.1) is 5.82 Å². The summed E-state index contributed by atoms with van der Waals surface area (Å²) in [7, 11) is 1.57. The molecule has 18 heavy (non-hydrogen) atoms. The minimum atomic E-state index is -0.430. The summed E-state index contributed by atoms with van der Waals surface area (Å²) in [5.74, 6) is 0.918. The Balaban J connectivity index is 2.22. The average Bonchev–Trinajstić information content (AvgIpc) is 2.41. The monoisotopic (exact) mass is 247 g/mol. The summed E-state index contributed by atoms with van der Waals surface area (Å²) in [6, 6.07) is 11.7. The molecule has 0 aliphatic carbocycles. The van der Waals surface area contributed by atoms with Crippen LogP contribution in [0.1, 0.15) is 5.56 Å². The Hall–Kier alpha value is -2.07. The zero-order chi connectivity index (χ0) is 13.0. The van der Waals surface area contributed by atoms with Crippen molar-refractivity contribution in [3.05, 3.63) is 53.8 Å². The lowest BCUT2D eigenvalue weighted by molar-refractivity contribution is 0.405. The molecule has 0 fully saturated rings. The third kappa shape index (κ3) is 2.78. The fourth-order valence-electron chi connectivity index (χ4n) is 1.55. The van der Waals surface area contributed by atoms with Gasteiger partial charge >= 0.3 is 0 Å². The predicted molar refractivity (Wildman–Crippen MR) is 67.4 cm³/mol. The van der Waals surface area contributed by atoms with E-state index in [9.17, 15) is 4.39 Å². The summed E-state index contributed by atoms with van der Waals surface area (Å²) in [5.41, 5.74) is 6.16. The van der Waals surface area contributed by atoms with Crippen LogP contribution in [0.25, 0.3) is 0 Å². The maximum atomic E-state index is 13.7. The van der Waals surface area contributed by atoms with E-state index in [1.807, 2.05) is 0 Å². The quantitative estimate of drug-likeness (QED) is 0.903. The average molecular weight is 247 g/mol. The fourth-order valence-corrected chi connectivity index (χ4v) is 1.55. The maximum Gasteiger partial charge on any atom is 0.166 e. The normalized spacial score (nSPS) is 10.2. The van der Waals surface area contributed by atoms with E-state index >= 15 is 0 Å². The summed E-state index contributed by atoms with van der Waals surface area (Å²) >= 11 is 0. The van der Waals surface area contributed by atoms with Crippen LogP contribution in [0.5, 0.6) is 17.2 Å². The smallest absolute Gasteiger partial charge is 0.166 e. The van der Waals surface area contributed by atoms with Crippen molar-refractivity contribution in [1.29, 1.82) is 0 Å². The van der Waals surface area contributed by atoms with Gasteiger partial charge in [-0.05, 0) is 29.8 Å². The summed E-state index contributed by atoms with van der Waals surface area (Å²) in [4.78, 5) is 0. The molecule has 0 radical (unpaired) electrons. The van der Waals surface area contributed by atoms with E-state index in [1.54, 1.807) is 43.5 Å². The number of ether oxygens (including phenoxy) is 2. The zero-order valence-electron chi connectivity index (χ0n) is 10.0. The van der Waals surface area contributed by atoms with Gasteiger partial charge in [-0.1, -0.05) is 12.1 Å². The van der Waals surface area contributed by atoms with Crippen molar-refractivity contribution in [2.45, 2.75) is 6.54 Å². The molecule has 0 spiro atoms. The SMILES string of the molecule is COc1cccc(Oc2ccc(CN)cc2F)c1. The van der Waals surface area contributed by atoms with Gasteiger partial charge in [-0.25, -0.2) is 4.39 Å². The number of hydrogen-bond donors (Lipinski definition) is 1. The lowest BCUT2D eigenvalue weighted by Gasteiger charge is -2.08. The first kappa shape index (κ1) is 12.4. The summed E-state index contributed by atoms with van der Waals surface area (Å²) in [5, 5.41) is 0. The molecule has 0 unspecified atom stereocenters. The van der Waals surface area contributed by atoms with Gasteiger partial charge in [-0.2, -0.15) is 0 Å². The fraction of sp³-hybridized carbons (Fsp3) is 0.143. The Kier molecular flexibility index (Phi) is 3.79. The van der Waals surface area contributed by atoms with Crippen LogP contribution >= 0.6 is 0 Å². The molecule has 4 heteroatoms. The van der Waals surface area contributed by atoms with Crippen LogP contribution in [0.3, 0.4) is 0 Å². The highest BCUT2D eigenvalue weighted by Crippen LogP contribution is 2.27. The van der Waals surface area contributed by atoms with Crippen LogP contribution in [-0.2, 0) is 6.54 Å². The second-order valence-electron chi connectivity index (χ2n) is 3.75. The molecule has 94 valence electrons. The van der Waals surface area contributed by atoms with E-state index in [4.69, 9.17) is 15.2 Å². The van der Waals surface area contributed by atoms with E-state index in [0.29, 0.717) is 18.0 Å². The van der Waals surface area contributed by atoms with Crippen molar-refractivity contribution in [2.75, 3.05) is 7.11 Å². The highest BCUT2D eigenvalue weighted by molar-refractivity contribution is 5.38. The lowest BCUT2D eigenvalue weighted by Crippen LogP contribution is -1.97. The van der Waals surface area contributed by atoms with Gasteiger partial charge in [-0.3, -0.25) is 0 Å². The van der Waals surface area contributed by atoms with Crippen LogP contribution in [0.2, 0.25) is 0 Å². The second-order valence-corrected chi connectivity index (χ2v) is 3.75. The van der Waals surface area contributed by atoms with Crippen molar-refractivity contribution < 1.29 is 13.9 Å². The molecule has 0 saturated heterocycles. The van der Waals surface area contributed by atoms with Gasteiger partial charge in [0.15, 0.2) is 11.6 Å². The van der Waals surface area contributed by atoms with Gasteiger partial charge in [0.1, 0.15) is 11.5 Å². The first-order valence-corrected chi connectivity index (χ1v) is 5.53. The molecule has 0 amide bonds. The maximum absolute atomic E-state index is 13.7. The van der Waals surface area contributed by atoms with Crippen molar-refractivity contribution in [3.63, 3.8) is 0 Å². The van der Waals surface area contributed by atoms with Crippen molar-refractivity contribution in [2.24, 2.45) is 5.73 Å². The van der Waals surface area contributed by atoms with Gasteiger partial charge in [0.2, 0.25) is 0 Å². The third-order valence-electron chi connectivity index (χ3n) is 2.50. The molecule has 0 saturated carbocycles. The number of benzene rings is 2. The van der Waals surface area contributed by atoms with Gasteiger partial charge in [0.05, 0.1) is 7.11 Å². The number of hydrogen-bond acceptors (Lipinski definition) is 3. The predicted octanol–water partition coefficient (Wildman–Crippen LogP) is 3.09. The second kappa shape index (κ2) is 5.51. The largest absolute Gasteiger partial charge is 0.497 e.